The zero-order chi connectivity index (χ0) is 33.9. The number of nitrogens with zero attached hydrogens (tertiary/aromatic N) is 2. The second kappa shape index (κ2) is 11.5. The summed E-state index contributed by atoms with van der Waals surface area (Å²) in [5, 5.41) is 18.9. The van der Waals surface area contributed by atoms with E-state index >= 15 is 0 Å². The fourth-order valence-corrected chi connectivity index (χ4v) is 7.81. The van der Waals surface area contributed by atoms with Gasteiger partial charge in [0.15, 0.2) is 0 Å². The lowest BCUT2D eigenvalue weighted by molar-refractivity contribution is -0.384. The van der Waals surface area contributed by atoms with E-state index in [0.717, 1.165) is 17.7 Å². The first kappa shape index (κ1) is 30.7. The molecule has 49 heavy (non-hydrogen) atoms. The third kappa shape index (κ3) is 4.93. The molecule has 1 spiro atoms. The van der Waals surface area contributed by atoms with Crippen LogP contribution in [0.1, 0.15) is 43.4 Å². The van der Waals surface area contributed by atoms with E-state index in [2.05, 4.69) is 73.3 Å². The van der Waals surface area contributed by atoms with E-state index in [4.69, 9.17) is 14.2 Å². The van der Waals surface area contributed by atoms with Gasteiger partial charge in [0.1, 0.15) is 24.7 Å². The number of likely N-dealkylation sites (N-methyl/N-ethyl adjacent to an activating group) is 1. The minimum atomic E-state index is -0.829. The molecule has 6 aromatic rings. The molecule has 2 aliphatic rings. The van der Waals surface area contributed by atoms with Crippen molar-refractivity contribution in [3.63, 3.8) is 0 Å². The summed E-state index contributed by atoms with van der Waals surface area (Å²) in [6.45, 7) is 4.63. The maximum Gasteiger partial charge on any atom is 0.305 e. The Labute approximate surface area is 284 Å². The highest BCUT2D eigenvalue weighted by Gasteiger charge is 2.57. The van der Waals surface area contributed by atoms with Gasteiger partial charge in [-0.1, -0.05) is 54.6 Å². The van der Waals surface area contributed by atoms with E-state index < -0.39 is 16.1 Å². The number of carbonyl (C=O) groups is 1. The summed E-state index contributed by atoms with van der Waals surface area (Å²) in [7, 11) is 1.98. The van der Waals surface area contributed by atoms with Crippen LogP contribution in [0.15, 0.2) is 97.1 Å². The van der Waals surface area contributed by atoms with Gasteiger partial charge in [-0.25, -0.2) is 0 Å². The van der Waals surface area contributed by atoms with Crippen LogP contribution in [0.5, 0.6) is 11.5 Å². The van der Waals surface area contributed by atoms with Crippen molar-refractivity contribution in [2.45, 2.75) is 44.2 Å². The van der Waals surface area contributed by atoms with Gasteiger partial charge in [0.05, 0.1) is 10.3 Å². The number of nitro benzene ring substituents is 1. The summed E-state index contributed by atoms with van der Waals surface area (Å²) in [5.41, 5.74) is 2.67. The number of nitro groups is 1. The van der Waals surface area contributed by atoms with E-state index in [1.54, 1.807) is 6.07 Å². The van der Waals surface area contributed by atoms with Crippen LogP contribution in [-0.2, 0) is 21.4 Å². The summed E-state index contributed by atoms with van der Waals surface area (Å²) < 4.78 is 18.2. The van der Waals surface area contributed by atoms with Gasteiger partial charge in [0.2, 0.25) is 5.72 Å². The molecule has 0 saturated carbocycles. The molecule has 0 saturated heterocycles. The van der Waals surface area contributed by atoms with Gasteiger partial charge in [-0.05, 0) is 107 Å². The minimum absolute atomic E-state index is 0.0256. The molecular formula is C41H36N2O6. The predicted octanol–water partition coefficient (Wildman–Crippen LogP) is 8.97. The molecule has 8 rings (SSSR count). The number of non-ortho nitro benzene ring substituents is 1. The van der Waals surface area contributed by atoms with Crippen molar-refractivity contribution in [2.75, 3.05) is 25.2 Å². The average molecular weight is 653 g/mol. The summed E-state index contributed by atoms with van der Waals surface area (Å²) in [6, 6.07) is 30.2. The van der Waals surface area contributed by atoms with E-state index in [-0.39, 0.29) is 24.9 Å². The number of hydrogen-bond acceptors (Lipinski definition) is 7. The van der Waals surface area contributed by atoms with Crippen molar-refractivity contribution in [1.82, 2.24) is 0 Å². The summed E-state index contributed by atoms with van der Waals surface area (Å²) >= 11 is 0. The Kier molecular flexibility index (Phi) is 7.21. The van der Waals surface area contributed by atoms with Crippen LogP contribution in [0.3, 0.4) is 0 Å². The highest BCUT2D eigenvalue weighted by atomic mass is 16.6. The molecule has 0 amide bonds. The van der Waals surface area contributed by atoms with Crippen LogP contribution < -0.4 is 14.4 Å². The Morgan fingerprint density at radius 2 is 1.65 bits per heavy atom. The van der Waals surface area contributed by atoms with Crippen molar-refractivity contribution in [2.24, 2.45) is 0 Å². The maximum absolute atomic E-state index is 12.6. The molecule has 0 N–H and O–H groups in total. The number of rotatable bonds is 9. The van der Waals surface area contributed by atoms with Gasteiger partial charge in [-0.2, -0.15) is 0 Å². The van der Waals surface area contributed by atoms with Crippen LogP contribution in [0.2, 0.25) is 0 Å². The first-order valence-corrected chi connectivity index (χ1v) is 16.7. The van der Waals surface area contributed by atoms with Crippen molar-refractivity contribution in [3.05, 3.63) is 124 Å². The Morgan fingerprint density at radius 1 is 0.898 bits per heavy atom. The number of esters is 1. The number of anilines is 1. The van der Waals surface area contributed by atoms with Crippen LogP contribution in [-0.4, -0.2) is 36.9 Å². The van der Waals surface area contributed by atoms with Crippen molar-refractivity contribution in [1.29, 1.82) is 0 Å². The average Bonchev–Trinajstić information content (AvgIpc) is 3.26. The molecule has 1 unspecified atom stereocenters. The van der Waals surface area contributed by atoms with Crippen LogP contribution >= 0.6 is 0 Å². The third-order valence-corrected chi connectivity index (χ3v) is 10.4. The Hall–Kier alpha value is -5.63. The third-order valence-electron chi connectivity index (χ3n) is 10.4. The second-order valence-corrected chi connectivity index (χ2v) is 13.5. The standard InChI is InChI=1S/C41H36N2O6/c1-40(2)34-25-32(16-18-35(34)42(3)41(40)21-20-30-24-31(43(45)46)15-19-36(30)49-41)47-22-23-48-37(44)9-5-6-26-10-11-29-13-12-27-7-4-8-28-14-17-33(26)39(29)38(27)28/h4,7-8,10-21,24-25H,5-6,9,22-23H2,1-3H3. The lowest BCUT2D eigenvalue weighted by Crippen LogP contribution is -2.58. The molecular weight excluding hydrogens is 616 g/mol. The first-order valence-electron chi connectivity index (χ1n) is 16.7. The van der Waals surface area contributed by atoms with Crippen molar-refractivity contribution >= 4 is 55.7 Å². The van der Waals surface area contributed by atoms with Gasteiger partial charge in [0, 0.05) is 36.9 Å². The first-order chi connectivity index (χ1) is 23.7. The molecule has 1 atom stereocenters. The van der Waals surface area contributed by atoms with Gasteiger partial charge in [0.25, 0.3) is 5.69 Å². The Bertz CT molecular complexity index is 2290. The fourth-order valence-electron chi connectivity index (χ4n) is 7.81. The lowest BCUT2D eigenvalue weighted by atomic mass is 9.76. The summed E-state index contributed by atoms with van der Waals surface area (Å²) in [6.07, 6.45) is 5.71. The fraction of sp³-hybridized carbons (Fsp3) is 0.244. The van der Waals surface area contributed by atoms with E-state index in [9.17, 15) is 14.9 Å². The number of ether oxygens (including phenoxy) is 3. The smallest absolute Gasteiger partial charge is 0.305 e. The largest absolute Gasteiger partial charge is 0.490 e. The molecule has 6 aromatic carbocycles. The van der Waals surface area contributed by atoms with Crippen molar-refractivity contribution in [3.8, 4) is 11.5 Å². The highest BCUT2D eigenvalue weighted by Crippen LogP contribution is 2.55. The minimum Gasteiger partial charge on any atom is -0.490 e. The maximum atomic E-state index is 12.6. The normalized spacial score (nSPS) is 17.4. The van der Waals surface area contributed by atoms with Crippen LogP contribution in [0, 0.1) is 10.1 Å². The molecule has 0 fully saturated rings. The Morgan fingerprint density at radius 3 is 2.45 bits per heavy atom. The molecule has 246 valence electrons. The van der Waals surface area contributed by atoms with Crippen LogP contribution in [0.25, 0.3) is 38.4 Å². The van der Waals surface area contributed by atoms with Gasteiger partial charge in [-0.15, -0.1) is 0 Å². The Balaban J connectivity index is 0.871. The van der Waals surface area contributed by atoms with E-state index in [0.29, 0.717) is 29.9 Å². The predicted molar refractivity (Wildman–Crippen MR) is 193 cm³/mol. The highest BCUT2D eigenvalue weighted by molar-refractivity contribution is 6.23. The molecule has 0 aliphatic carbocycles. The number of carbonyl (C=O) groups excluding carboxylic acids is 1. The number of benzene rings is 6. The molecule has 0 radical (unpaired) electrons. The molecule has 8 heteroatoms. The van der Waals surface area contributed by atoms with Crippen LogP contribution in [0.4, 0.5) is 11.4 Å². The number of hydrogen-bond donors (Lipinski definition) is 0. The quantitative estimate of drug-likeness (QED) is 0.0506. The van der Waals surface area contributed by atoms with E-state index in [1.165, 1.54) is 50.0 Å². The van der Waals surface area contributed by atoms with Gasteiger partial charge in [-0.3, -0.25) is 14.9 Å². The monoisotopic (exact) mass is 652 g/mol. The molecule has 0 aromatic heterocycles. The number of fused-ring (bicyclic) bond motifs is 2. The molecule has 0 bridgehead atoms. The van der Waals surface area contributed by atoms with Gasteiger partial charge < -0.3 is 19.1 Å². The summed E-state index contributed by atoms with van der Waals surface area (Å²) in [5.74, 6) is 1.04. The van der Waals surface area contributed by atoms with Gasteiger partial charge >= 0.3 is 5.97 Å². The topological polar surface area (TPSA) is 91.1 Å². The second-order valence-electron chi connectivity index (χ2n) is 13.5. The SMILES string of the molecule is CN1c2ccc(OCCOC(=O)CCCc3ccc4ccc5cccc6ccc3c4c56)cc2C(C)(C)C12C=Cc1cc([N+](=O)[O-])ccc1O2. The zero-order valence-corrected chi connectivity index (χ0v) is 27.7. The van der Waals surface area contributed by atoms with E-state index in [1.807, 2.05) is 37.4 Å². The molecule has 2 aliphatic heterocycles. The molecule has 2 heterocycles. The number of aryl methyl sites for hydroxylation is 1. The molecule has 8 nitrogen and oxygen atoms in total. The zero-order valence-electron chi connectivity index (χ0n) is 27.7. The summed E-state index contributed by atoms with van der Waals surface area (Å²) in [4.78, 5) is 25.6. The lowest BCUT2D eigenvalue weighted by Gasteiger charge is -2.45. The van der Waals surface area contributed by atoms with Crippen molar-refractivity contribution < 1.29 is 23.9 Å².